The third-order valence-corrected chi connectivity index (χ3v) is 6.99. The maximum atomic E-state index is 13.3. The molecule has 0 radical (unpaired) electrons. The van der Waals surface area contributed by atoms with E-state index in [1.54, 1.807) is 6.20 Å². The van der Waals surface area contributed by atoms with Crippen molar-refractivity contribution < 1.29 is 34.2 Å². The van der Waals surface area contributed by atoms with Crippen molar-refractivity contribution >= 4 is 52.3 Å². The molecule has 0 spiro atoms. The predicted octanol–water partition coefficient (Wildman–Crippen LogP) is 0.229. The van der Waals surface area contributed by atoms with E-state index >= 15 is 0 Å². The summed E-state index contributed by atoms with van der Waals surface area (Å²) in [6.07, 6.45) is 4.36. The highest BCUT2D eigenvalue weighted by Gasteiger charge is 2.33. The Morgan fingerprint density at radius 2 is 1.74 bits per heavy atom. The zero-order valence-corrected chi connectivity index (χ0v) is 21.8. The lowest BCUT2D eigenvalue weighted by Crippen LogP contribution is -2.58. The summed E-state index contributed by atoms with van der Waals surface area (Å²) >= 11 is 1.43. The van der Waals surface area contributed by atoms with Crippen molar-refractivity contribution in [2.75, 3.05) is 18.6 Å². The molecule has 1 aliphatic heterocycles. The Bertz CT molecular complexity index is 1160. The van der Waals surface area contributed by atoms with Crippen molar-refractivity contribution in [3.8, 4) is 0 Å². The second-order valence-corrected chi connectivity index (χ2v) is 10.1. The number of aromatic nitrogens is 1. The smallest absolute Gasteiger partial charge is 0.326 e. The number of benzene rings is 1. The first-order valence-electron chi connectivity index (χ1n) is 12.3. The molecule has 1 fully saturated rings. The molecule has 38 heavy (non-hydrogen) atoms. The third kappa shape index (κ3) is 7.96. The van der Waals surface area contributed by atoms with Crippen LogP contribution in [0.5, 0.6) is 0 Å². The SMILES string of the molecule is CSCCC(NC(=O)C(Cc1c[nH]c2ccccc12)NC(=O)C(CC(=O)O)NC(=O)C1CCCN1)C(=O)O. The summed E-state index contributed by atoms with van der Waals surface area (Å²) < 4.78 is 0. The molecule has 1 saturated heterocycles. The molecule has 1 aromatic carbocycles. The molecule has 0 aliphatic carbocycles. The Morgan fingerprint density at radius 3 is 2.39 bits per heavy atom. The topological polar surface area (TPSA) is 190 Å². The van der Waals surface area contributed by atoms with Gasteiger partial charge in [0.25, 0.3) is 0 Å². The van der Waals surface area contributed by atoms with Crippen molar-refractivity contribution in [2.24, 2.45) is 0 Å². The number of aromatic amines is 1. The van der Waals surface area contributed by atoms with E-state index in [0.29, 0.717) is 24.3 Å². The number of aliphatic carboxylic acids is 2. The highest BCUT2D eigenvalue weighted by atomic mass is 32.2. The van der Waals surface area contributed by atoms with Gasteiger partial charge in [0, 0.05) is 23.5 Å². The second-order valence-electron chi connectivity index (χ2n) is 9.11. The second kappa shape index (κ2) is 13.8. The maximum Gasteiger partial charge on any atom is 0.326 e. The average molecular weight is 548 g/mol. The first-order chi connectivity index (χ1) is 18.2. The molecule has 1 aromatic heterocycles. The lowest BCUT2D eigenvalue weighted by molar-refractivity contribution is -0.143. The lowest BCUT2D eigenvalue weighted by atomic mass is 10.0. The zero-order chi connectivity index (χ0) is 27.7. The first kappa shape index (κ1) is 29.0. The van der Waals surface area contributed by atoms with Crippen molar-refractivity contribution in [1.29, 1.82) is 0 Å². The van der Waals surface area contributed by atoms with Crippen LogP contribution in [-0.2, 0) is 30.4 Å². The fourth-order valence-electron chi connectivity index (χ4n) is 4.33. The number of thioether (sulfide) groups is 1. The van der Waals surface area contributed by atoms with Crippen LogP contribution in [0.15, 0.2) is 30.5 Å². The standard InChI is InChI=1S/C25H33N5O7S/c1-38-10-8-18(25(36)37)28-23(34)19(11-14-13-27-16-6-3-2-5-15(14)16)29-24(35)20(12-21(31)32)30-22(33)17-7-4-9-26-17/h2-3,5-6,13,17-20,26-27H,4,7-12H2,1H3,(H,28,34)(H,29,35)(H,30,33)(H,31,32)(H,36,37). The van der Waals surface area contributed by atoms with Gasteiger partial charge in [-0.2, -0.15) is 11.8 Å². The van der Waals surface area contributed by atoms with Gasteiger partial charge in [-0.25, -0.2) is 4.79 Å². The normalized spacial score (nSPS) is 17.3. The van der Waals surface area contributed by atoms with Gasteiger partial charge >= 0.3 is 11.9 Å². The van der Waals surface area contributed by atoms with Crippen LogP contribution in [0.1, 0.15) is 31.2 Å². The predicted molar refractivity (Wildman–Crippen MR) is 142 cm³/mol. The van der Waals surface area contributed by atoms with Gasteiger partial charge < -0.3 is 36.5 Å². The number of H-pyrrole nitrogens is 1. The van der Waals surface area contributed by atoms with Crippen LogP contribution < -0.4 is 21.3 Å². The lowest BCUT2D eigenvalue weighted by Gasteiger charge is -2.24. The van der Waals surface area contributed by atoms with Gasteiger partial charge in [-0.15, -0.1) is 0 Å². The Morgan fingerprint density at radius 1 is 1.03 bits per heavy atom. The number of carboxylic acid groups (broad SMARTS) is 2. The molecule has 4 unspecified atom stereocenters. The highest BCUT2D eigenvalue weighted by molar-refractivity contribution is 7.98. The summed E-state index contributed by atoms with van der Waals surface area (Å²) in [4.78, 5) is 65.4. The van der Waals surface area contributed by atoms with Crippen molar-refractivity contribution in [3.05, 3.63) is 36.0 Å². The number of nitrogens with one attached hydrogen (secondary N) is 5. The molecule has 3 rings (SSSR count). The minimum Gasteiger partial charge on any atom is -0.481 e. The van der Waals surface area contributed by atoms with Gasteiger partial charge in [0.15, 0.2) is 0 Å². The Kier molecular flexibility index (Phi) is 10.5. The van der Waals surface area contributed by atoms with Crippen molar-refractivity contribution in [3.63, 3.8) is 0 Å². The van der Waals surface area contributed by atoms with Gasteiger partial charge in [-0.1, -0.05) is 18.2 Å². The van der Waals surface area contributed by atoms with E-state index in [0.717, 1.165) is 17.3 Å². The average Bonchev–Trinajstić information content (AvgIpc) is 3.56. The van der Waals surface area contributed by atoms with Crippen LogP contribution in [0.2, 0.25) is 0 Å². The molecule has 12 nitrogen and oxygen atoms in total. The van der Waals surface area contributed by atoms with E-state index in [4.69, 9.17) is 0 Å². The van der Waals surface area contributed by atoms with Gasteiger partial charge in [-0.3, -0.25) is 19.2 Å². The Balaban J connectivity index is 1.82. The number of hydrogen-bond donors (Lipinski definition) is 7. The van der Waals surface area contributed by atoms with Crippen LogP contribution in [0.25, 0.3) is 10.9 Å². The van der Waals surface area contributed by atoms with Gasteiger partial charge in [0.1, 0.15) is 18.1 Å². The summed E-state index contributed by atoms with van der Waals surface area (Å²) in [6.45, 7) is 0.641. The number of para-hydroxylation sites is 1. The molecular formula is C25H33N5O7S. The number of rotatable bonds is 14. The molecule has 2 aromatic rings. The monoisotopic (exact) mass is 547 g/mol. The third-order valence-electron chi connectivity index (χ3n) is 6.35. The van der Waals surface area contributed by atoms with Crippen LogP contribution in [-0.4, -0.2) is 87.6 Å². The summed E-state index contributed by atoms with van der Waals surface area (Å²) in [7, 11) is 0. The number of carbonyl (C=O) groups is 5. The van der Waals surface area contributed by atoms with E-state index in [1.165, 1.54) is 11.8 Å². The van der Waals surface area contributed by atoms with E-state index in [9.17, 15) is 34.2 Å². The Hall–Kier alpha value is -3.58. The van der Waals surface area contributed by atoms with Crippen LogP contribution >= 0.6 is 11.8 Å². The van der Waals surface area contributed by atoms with Crippen LogP contribution in [0.3, 0.4) is 0 Å². The minimum absolute atomic E-state index is 0.00831. The molecule has 0 saturated carbocycles. The number of hydrogen-bond acceptors (Lipinski definition) is 7. The number of carboxylic acids is 2. The molecule has 2 heterocycles. The van der Waals surface area contributed by atoms with Crippen LogP contribution in [0.4, 0.5) is 0 Å². The molecule has 7 N–H and O–H groups in total. The van der Waals surface area contributed by atoms with Crippen molar-refractivity contribution in [1.82, 2.24) is 26.3 Å². The minimum atomic E-state index is -1.42. The summed E-state index contributed by atoms with van der Waals surface area (Å²) in [5.74, 6) is -4.08. The number of carbonyl (C=O) groups excluding carboxylic acids is 3. The summed E-state index contributed by atoms with van der Waals surface area (Å²) in [5.41, 5.74) is 1.52. The molecule has 4 atom stereocenters. The molecule has 206 valence electrons. The first-order valence-corrected chi connectivity index (χ1v) is 13.7. The molecule has 1 aliphatic rings. The number of amides is 3. The number of fused-ring (bicyclic) bond motifs is 1. The fourth-order valence-corrected chi connectivity index (χ4v) is 4.80. The highest BCUT2D eigenvalue weighted by Crippen LogP contribution is 2.19. The van der Waals surface area contributed by atoms with Crippen LogP contribution in [0, 0.1) is 0 Å². The largest absolute Gasteiger partial charge is 0.481 e. The van der Waals surface area contributed by atoms with Gasteiger partial charge in [-0.05, 0) is 49.4 Å². The molecule has 3 amide bonds. The van der Waals surface area contributed by atoms with E-state index < -0.39 is 60.2 Å². The van der Waals surface area contributed by atoms with E-state index in [1.807, 2.05) is 30.5 Å². The van der Waals surface area contributed by atoms with E-state index in [-0.39, 0.29) is 12.8 Å². The van der Waals surface area contributed by atoms with Crippen molar-refractivity contribution in [2.45, 2.75) is 56.3 Å². The fraction of sp³-hybridized carbons (Fsp3) is 0.480. The van der Waals surface area contributed by atoms with Gasteiger partial charge in [0.2, 0.25) is 17.7 Å². The Labute approximate surface area is 223 Å². The summed E-state index contributed by atoms with van der Waals surface area (Å²) in [5, 5.41) is 30.3. The quantitative estimate of drug-likeness (QED) is 0.174. The van der Waals surface area contributed by atoms with Gasteiger partial charge in [0.05, 0.1) is 12.5 Å². The summed E-state index contributed by atoms with van der Waals surface area (Å²) in [6, 6.07) is 3.02. The van der Waals surface area contributed by atoms with E-state index in [2.05, 4.69) is 26.3 Å². The molecular weight excluding hydrogens is 514 g/mol. The molecule has 13 heteroatoms. The maximum absolute atomic E-state index is 13.3. The zero-order valence-electron chi connectivity index (χ0n) is 21.0. The molecule has 0 bridgehead atoms.